The van der Waals surface area contributed by atoms with Gasteiger partial charge in [0.25, 0.3) is 0 Å². The Morgan fingerprint density at radius 2 is 2.05 bits per heavy atom. The number of thiol groups is 1. The Bertz CT molecular complexity index is 642. The Labute approximate surface area is 131 Å². The van der Waals surface area contributed by atoms with Crippen LogP contribution in [0.3, 0.4) is 0 Å². The predicted molar refractivity (Wildman–Crippen MR) is 96.3 cm³/mol. The van der Waals surface area contributed by atoms with Crippen molar-refractivity contribution in [3.63, 3.8) is 0 Å². The van der Waals surface area contributed by atoms with Crippen LogP contribution in [-0.2, 0) is 11.8 Å². The highest BCUT2D eigenvalue weighted by Gasteiger charge is 2.27. The topological polar surface area (TPSA) is 0 Å². The molecule has 1 aliphatic carbocycles. The summed E-state index contributed by atoms with van der Waals surface area (Å²) >= 11 is 1.40. The van der Waals surface area contributed by atoms with Crippen molar-refractivity contribution in [1.82, 2.24) is 0 Å². The third kappa shape index (κ3) is 3.48. The van der Waals surface area contributed by atoms with Gasteiger partial charge in [0.1, 0.15) is 0 Å². The maximum absolute atomic E-state index is 2.42. The highest BCUT2D eigenvalue weighted by molar-refractivity contribution is 7.89. The molecule has 1 atom stereocenters. The molecule has 0 nitrogen and oxygen atoms in total. The summed E-state index contributed by atoms with van der Waals surface area (Å²) in [5.41, 5.74) is 4.23. The van der Waals surface area contributed by atoms with Crippen molar-refractivity contribution >= 4 is 16.7 Å². The van der Waals surface area contributed by atoms with Crippen LogP contribution in [-0.4, -0.2) is 5.25 Å². The van der Waals surface area contributed by atoms with Crippen molar-refractivity contribution < 1.29 is 0 Å². The van der Waals surface area contributed by atoms with Gasteiger partial charge in [0.15, 0.2) is 10.2 Å². The molecule has 0 fully saturated rings. The summed E-state index contributed by atoms with van der Waals surface area (Å²) in [6.45, 7) is 2.08. The highest BCUT2D eigenvalue weighted by Crippen LogP contribution is 2.31. The first-order valence-corrected chi connectivity index (χ1v) is 8.51. The van der Waals surface area contributed by atoms with Crippen molar-refractivity contribution in [1.29, 1.82) is 0 Å². The molecule has 1 aromatic rings. The molecule has 1 aliphatic heterocycles. The van der Waals surface area contributed by atoms with Gasteiger partial charge in [-0.1, -0.05) is 48.6 Å². The molecule has 2 aliphatic rings. The van der Waals surface area contributed by atoms with Crippen molar-refractivity contribution in [3.8, 4) is 0 Å². The zero-order chi connectivity index (χ0) is 14.5. The van der Waals surface area contributed by atoms with E-state index < -0.39 is 0 Å². The Morgan fingerprint density at radius 1 is 1.19 bits per heavy atom. The van der Waals surface area contributed by atoms with Gasteiger partial charge >= 0.3 is 0 Å². The molecule has 106 valence electrons. The molecule has 0 spiro atoms. The molecule has 1 aromatic carbocycles. The molecule has 0 saturated heterocycles. The number of rotatable bonds is 3. The first-order valence-electron chi connectivity index (χ1n) is 7.55. The molecule has 0 N–H and O–H groups in total. The molecule has 0 amide bonds. The summed E-state index contributed by atoms with van der Waals surface area (Å²) < 4.78 is 0. The minimum Gasteiger partial charge on any atom is -0.0871 e. The fraction of sp³-hybridized carbons (Fsp3) is 0.200. The number of allylic oxidation sites excluding steroid dienone is 7. The average Bonchev–Trinajstić information content (AvgIpc) is 2.56. The first-order chi connectivity index (χ1) is 10.4. The van der Waals surface area contributed by atoms with Crippen molar-refractivity contribution in [3.05, 3.63) is 89.6 Å². The van der Waals surface area contributed by atoms with E-state index >= 15 is 0 Å². The second-order valence-electron chi connectivity index (χ2n) is 5.34. The standard InChI is InChI=1S/C20H20S/c1-2-9-16-14-19(17-10-5-3-6-11-17)21-20(15-16)18-12-7-4-8-13-18/h2-7,9-12,14-15,20H,8,13H2,1H3/p+1/b9-2+. The van der Waals surface area contributed by atoms with E-state index in [4.69, 9.17) is 0 Å². The van der Waals surface area contributed by atoms with Gasteiger partial charge in [-0.25, -0.2) is 0 Å². The van der Waals surface area contributed by atoms with E-state index in [0.29, 0.717) is 5.25 Å². The molecule has 0 radical (unpaired) electrons. The molecule has 21 heavy (non-hydrogen) atoms. The summed E-state index contributed by atoms with van der Waals surface area (Å²) in [7, 11) is 0. The summed E-state index contributed by atoms with van der Waals surface area (Å²) in [5.74, 6) is 0. The minimum atomic E-state index is 0.515. The van der Waals surface area contributed by atoms with Gasteiger partial charge in [-0.05, 0) is 49.1 Å². The summed E-state index contributed by atoms with van der Waals surface area (Å²) in [6.07, 6.45) is 18.2. The van der Waals surface area contributed by atoms with Crippen molar-refractivity contribution in [2.75, 3.05) is 0 Å². The molecular weight excluding hydrogens is 272 g/mol. The number of hydrogen-bond donors (Lipinski definition) is 0. The molecule has 0 bridgehead atoms. The quantitative estimate of drug-likeness (QED) is 0.543. The van der Waals surface area contributed by atoms with Crippen molar-refractivity contribution in [2.24, 2.45) is 0 Å². The molecule has 1 heteroatoms. The monoisotopic (exact) mass is 293 g/mol. The Hall–Kier alpha value is -1.73. The average molecular weight is 293 g/mol. The van der Waals surface area contributed by atoms with Crippen LogP contribution in [0.2, 0.25) is 0 Å². The minimum absolute atomic E-state index is 0.515. The third-order valence-corrected chi connectivity index (χ3v) is 5.21. The van der Waals surface area contributed by atoms with Gasteiger partial charge < -0.3 is 0 Å². The van der Waals surface area contributed by atoms with Crippen LogP contribution in [0.4, 0.5) is 0 Å². The number of hydrogen-bond acceptors (Lipinski definition) is 0. The Morgan fingerprint density at radius 3 is 2.76 bits per heavy atom. The van der Waals surface area contributed by atoms with Crippen LogP contribution in [0.5, 0.6) is 0 Å². The van der Waals surface area contributed by atoms with Gasteiger partial charge in [0.05, 0.1) is 0 Å². The fourth-order valence-corrected chi connectivity index (χ4v) is 4.18. The molecule has 0 saturated carbocycles. The smallest absolute Gasteiger partial charge is 0.0871 e. The molecule has 1 heterocycles. The SMILES string of the molecule is C/C=C/C1=CC(C2=CC=CCC2)[SH+]C(c2ccccc2)=C1. The van der Waals surface area contributed by atoms with E-state index in [1.54, 1.807) is 5.57 Å². The second kappa shape index (κ2) is 6.82. The van der Waals surface area contributed by atoms with Crippen LogP contribution < -0.4 is 0 Å². The van der Waals surface area contributed by atoms with Gasteiger partial charge in [-0.15, -0.1) is 0 Å². The summed E-state index contributed by atoms with van der Waals surface area (Å²) in [5, 5.41) is 0.515. The maximum Gasteiger partial charge on any atom is 0.161 e. The second-order valence-corrected chi connectivity index (χ2v) is 6.64. The van der Waals surface area contributed by atoms with Crippen LogP contribution in [0.15, 0.2) is 84.0 Å². The largest absolute Gasteiger partial charge is 0.161 e. The molecular formula is C20H21S+. The van der Waals surface area contributed by atoms with Crippen LogP contribution in [0.25, 0.3) is 4.91 Å². The van der Waals surface area contributed by atoms with Crippen LogP contribution in [0, 0.1) is 0 Å². The van der Waals surface area contributed by atoms with E-state index in [9.17, 15) is 0 Å². The van der Waals surface area contributed by atoms with E-state index in [1.165, 1.54) is 40.6 Å². The molecule has 0 aromatic heterocycles. The van der Waals surface area contributed by atoms with Gasteiger partial charge in [0, 0.05) is 23.4 Å². The zero-order valence-corrected chi connectivity index (χ0v) is 13.3. The fourth-order valence-electron chi connectivity index (χ4n) is 2.73. The normalized spacial score (nSPS) is 22.0. The number of benzene rings is 1. The third-order valence-electron chi connectivity index (χ3n) is 3.79. The van der Waals surface area contributed by atoms with Gasteiger partial charge in [-0.2, -0.15) is 0 Å². The Kier molecular flexibility index (Phi) is 4.62. The Balaban J connectivity index is 1.93. The van der Waals surface area contributed by atoms with Gasteiger partial charge in [-0.3, -0.25) is 0 Å². The van der Waals surface area contributed by atoms with E-state index in [2.05, 4.69) is 79.8 Å². The predicted octanol–water partition coefficient (Wildman–Crippen LogP) is 5.00. The lowest BCUT2D eigenvalue weighted by molar-refractivity contribution is 0.930. The summed E-state index contributed by atoms with van der Waals surface area (Å²) in [6, 6.07) is 10.7. The van der Waals surface area contributed by atoms with Gasteiger partial charge in [0.2, 0.25) is 0 Å². The lowest BCUT2D eigenvalue weighted by Gasteiger charge is -2.17. The molecule has 3 rings (SSSR count). The van der Waals surface area contributed by atoms with Crippen LogP contribution >= 0.6 is 0 Å². The highest BCUT2D eigenvalue weighted by atomic mass is 32.2. The van der Waals surface area contributed by atoms with Crippen LogP contribution in [0.1, 0.15) is 25.3 Å². The maximum atomic E-state index is 2.42. The van der Waals surface area contributed by atoms with E-state index in [1.807, 2.05) is 0 Å². The lowest BCUT2D eigenvalue weighted by atomic mass is 9.99. The van der Waals surface area contributed by atoms with E-state index in [0.717, 1.165) is 0 Å². The summed E-state index contributed by atoms with van der Waals surface area (Å²) in [4.78, 5) is 1.42. The zero-order valence-electron chi connectivity index (χ0n) is 12.4. The van der Waals surface area contributed by atoms with Crippen molar-refractivity contribution in [2.45, 2.75) is 25.0 Å². The van der Waals surface area contributed by atoms with E-state index in [-0.39, 0.29) is 0 Å². The lowest BCUT2D eigenvalue weighted by Crippen LogP contribution is -2.16. The first kappa shape index (κ1) is 14.2. The molecule has 1 unspecified atom stereocenters.